The molecule has 1 amide bonds. The van der Waals surface area contributed by atoms with Gasteiger partial charge in [-0.05, 0) is 32.8 Å². The molecule has 0 saturated carbocycles. The van der Waals surface area contributed by atoms with E-state index in [1.165, 1.54) is 12.3 Å². The molecule has 1 aliphatic rings. The third kappa shape index (κ3) is 3.25. The van der Waals surface area contributed by atoms with E-state index in [0.717, 1.165) is 19.4 Å². The van der Waals surface area contributed by atoms with Crippen molar-refractivity contribution in [2.24, 2.45) is 0 Å². The molecular formula is C14H20FN3O2. The first kappa shape index (κ1) is 14.7. The Morgan fingerprint density at radius 1 is 1.65 bits per heavy atom. The highest BCUT2D eigenvalue weighted by molar-refractivity contribution is 5.95. The highest BCUT2D eigenvalue weighted by Crippen LogP contribution is 2.18. The minimum absolute atomic E-state index is 0.000738. The van der Waals surface area contributed by atoms with Crippen molar-refractivity contribution in [3.63, 3.8) is 0 Å². The summed E-state index contributed by atoms with van der Waals surface area (Å²) in [6.07, 6.45) is 3.35. The van der Waals surface area contributed by atoms with Crippen LogP contribution in [-0.2, 0) is 4.74 Å². The van der Waals surface area contributed by atoms with E-state index in [0.29, 0.717) is 6.54 Å². The maximum Gasteiger partial charge on any atom is 0.254 e. The topological polar surface area (TPSA) is 63.2 Å². The number of nitrogens with zero attached hydrogens (tertiary/aromatic N) is 1. The lowest BCUT2D eigenvalue weighted by atomic mass is 10.1. The van der Waals surface area contributed by atoms with Crippen LogP contribution in [0.25, 0.3) is 0 Å². The van der Waals surface area contributed by atoms with Gasteiger partial charge in [0.2, 0.25) is 0 Å². The molecule has 110 valence electrons. The lowest BCUT2D eigenvalue weighted by Gasteiger charge is -2.20. The molecule has 2 heterocycles. The van der Waals surface area contributed by atoms with Gasteiger partial charge < -0.3 is 15.4 Å². The Morgan fingerprint density at radius 3 is 3.10 bits per heavy atom. The molecule has 0 aromatic carbocycles. The first-order valence-corrected chi connectivity index (χ1v) is 6.94. The number of ether oxygens (including phenoxy) is 1. The van der Waals surface area contributed by atoms with Gasteiger partial charge in [0.05, 0.1) is 17.7 Å². The highest BCUT2D eigenvalue weighted by Gasteiger charge is 2.25. The van der Waals surface area contributed by atoms with Gasteiger partial charge in [-0.15, -0.1) is 0 Å². The predicted octanol–water partition coefficient (Wildman–Crippen LogP) is 1.95. The molecule has 6 heteroatoms. The second kappa shape index (κ2) is 6.65. The summed E-state index contributed by atoms with van der Waals surface area (Å²) in [5.41, 5.74) is 0.000738. The lowest BCUT2D eigenvalue weighted by Crippen LogP contribution is -2.41. The number of halogens is 1. The number of rotatable bonds is 5. The standard InChI is InChI=1S/C14H20FN3O2/c1-3-16-13-12(15)10(6-7-17-13)14(19)18-9(2)11-5-4-8-20-11/h6-7,9,11H,3-5,8H2,1-2H3,(H,16,17)(H,18,19). The number of anilines is 1. The lowest BCUT2D eigenvalue weighted by molar-refractivity contribution is 0.0710. The van der Waals surface area contributed by atoms with Crippen molar-refractivity contribution in [3.05, 3.63) is 23.6 Å². The van der Waals surface area contributed by atoms with E-state index < -0.39 is 11.7 Å². The Hall–Kier alpha value is -1.69. The average molecular weight is 281 g/mol. The van der Waals surface area contributed by atoms with E-state index in [9.17, 15) is 9.18 Å². The fourth-order valence-corrected chi connectivity index (χ4v) is 2.28. The summed E-state index contributed by atoms with van der Waals surface area (Å²) in [5, 5.41) is 5.58. The van der Waals surface area contributed by atoms with E-state index in [4.69, 9.17) is 4.74 Å². The summed E-state index contributed by atoms with van der Waals surface area (Å²) in [4.78, 5) is 16.0. The number of hydrogen-bond acceptors (Lipinski definition) is 4. The number of amides is 1. The van der Waals surface area contributed by atoms with Crippen LogP contribution >= 0.6 is 0 Å². The van der Waals surface area contributed by atoms with E-state index in [-0.39, 0.29) is 23.5 Å². The van der Waals surface area contributed by atoms with Crippen molar-refractivity contribution in [1.82, 2.24) is 10.3 Å². The molecule has 1 fully saturated rings. The van der Waals surface area contributed by atoms with Crippen LogP contribution in [0, 0.1) is 5.82 Å². The van der Waals surface area contributed by atoms with Gasteiger partial charge in [-0.2, -0.15) is 0 Å². The Labute approximate surface area is 117 Å². The summed E-state index contributed by atoms with van der Waals surface area (Å²) < 4.78 is 19.6. The van der Waals surface area contributed by atoms with E-state index in [1.807, 2.05) is 13.8 Å². The van der Waals surface area contributed by atoms with Crippen molar-refractivity contribution in [1.29, 1.82) is 0 Å². The maximum atomic E-state index is 14.1. The second-order valence-electron chi connectivity index (χ2n) is 4.87. The Balaban J connectivity index is 2.06. The summed E-state index contributed by atoms with van der Waals surface area (Å²) in [6.45, 7) is 4.98. The van der Waals surface area contributed by atoms with Crippen LogP contribution in [0.15, 0.2) is 12.3 Å². The van der Waals surface area contributed by atoms with Crippen molar-refractivity contribution in [2.45, 2.75) is 38.8 Å². The largest absolute Gasteiger partial charge is 0.376 e. The van der Waals surface area contributed by atoms with Crippen LogP contribution < -0.4 is 10.6 Å². The average Bonchev–Trinajstić information content (AvgIpc) is 2.95. The van der Waals surface area contributed by atoms with Gasteiger partial charge in [0.25, 0.3) is 5.91 Å². The summed E-state index contributed by atoms with van der Waals surface area (Å²) in [5.74, 6) is -0.955. The zero-order valence-electron chi connectivity index (χ0n) is 11.8. The van der Waals surface area contributed by atoms with E-state index in [2.05, 4.69) is 15.6 Å². The number of hydrogen-bond donors (Lipinski definition) is 2. The first-order valence-electron chi connectivity index (χ1n) is 6.94. The Kier molecular flexibility index (Phi) is 4.89. The highest BCUT2D eigenvalue weighted by atomic mass is 19.1. The van der Waals surface area contributed by atoms with Crippen LogP contribution in [0.3, 0.4) is 0 Å². The minimum Gasteiger partial charge on any atom is -0.376 e. The molecule has 20 heavy (non-hydrogen) atoms. The number of carbonyl (C=O) groups is 1. The molecule has 2 rings (SSSR count). The Bertz CT molecular complexity index is 475. The van der Waals surface area contributed by atoms with Crippen LogP contribution in [0.2, 0.25) is 0 Å². The van der Waals surface area contributed by atoms with Crippen LogP contribution in [0.5, 0.6) is 0 Å². The Morgan fingerprint density at radius 2 is 2.45 bits per heavy atom. The number of nitrogens with one attached hydrogen (secondary N) is 2. The minimum atomic E-state index is -0.619. The normalized spacial score (nSPS) is 19.6. The monoisotopic (exact) mass is 281 g/mol. The van der Waals surface area contributed by atoms with Crippen molar-refractivity contribution < 1.29 is 13.9 Å². The number of carbonyl (C=O) groups excluding carboxylic acids is 1. The molecule has 1 aromatic heterocycles. The zero-order chi connectivity index (χ0) is 14.5. The van der Waals surface area contributed by atoms with Crippen LogP contribution in [0.1, 0.15) is 37.0 Å². The first-order chi connectivity index (χ1) is 9.63. The van der Waals surface area contributed by atoms with Gasteiger partial charge in [-0.1, -0.05) is 0 Å². The van der Waals surface area contributed by atoms with Crippen molar-refractivity contribution in [2.75, 3.05) is 18.5 Å². The fourth-order valence-electron chi connectivity index (χ4n) is 2.28. The van der Waals surface area contributed by atoms with Gasteiger partial charge in [-0.25, -0.2) is 9.37 Å². The molecule has 0 radical (unpaired) electrons. The molecule has 1 saturated heterocycles. The van der Waals surface area contributed by atoms with Gasteiger partial charge in [0, 0.05) is 19.3 Å². The molecule has 2 N–H and O–H groups in total. The summed E-state index contributed by atoms with van der Waals surface area (Å²) in [7, 11) is 0. The molecule has 0 aliphatic carbocycles. The van der Waals surface area contributed by atoms with Crippen molar-refractivity contribution in [3.8, 4) is 0 Å². The molecule has 2 unspecified atom stereocenters. The zero-order valence-corrected chi connectivity index (χ0v) is 11.8. The quantitative estimate of drug-likeness (QED) is 0.866. The predicted molar refractivity (Wildman–Crippen MR) is 74.3 cm³/mol. The summed E-state index contributed by atoms with van der Waals surface area (Å²) in [6, 6.07) is 1.24. The third-order valence-electron chi connectivity index (χ3n) is 3.36. The van der Waals surface area contributed by atoms with Crippen LogP contribution in [0.4, 0.5) is 10.2 Å². The SMILES string of the molecule is CCNc1nccc(C(=O)NC(C)C2CCCO2)c1F. The number of pyridine rings is 1. The van der Waals surface area contributed by atoms with Gasteiger partial charge in [-0.3, -0.25) is 4.79 Å². The van der Waals surface area contributed by atoms with Gasteiger partial charge in [0.15, 0.2) is 11.6 Å². The molecule has 1 aromatic rings. The fraction of sp³-hybridized carbons (Fsp3) is 0.571. The molecular weight excluding hydrogens is 261 g/mol. The van der Waals surface area contributed by atoms with E-state index >= 15 is 0 Å². The molecule has 2 atom stereocenters. The van der Waals surface area contributed by atoms with E-state index in [1.54, 1.807) is 0 Å². The van der Waals surface area contributed by atoms with Crippen molar-refractivity contribution >= 4 is 11.7 Å². The molecule has 0 bridgehead atoms. The smallest absolute Gasteiger partial charge is 0.254 e. The molecule has 0 spiro atoms. The third-order valence-corrected chi connectivity index (χ3v) is 3.36. The molecule has 5 nitrogen and oxygen atoms in total. The van der Waals surface area contributed by atoms with Crippen LogP contribution in [-0.4, -0.2) is 36.2 Å². The second-order valence-corrected chi connectivity index (χ2v) is 4.87. The van der Waals surface area contributed by atoms with Gasteiger partial charge >= 0.3 is 0 Å². The summed E-state index contributed by atoms with van der Waals surface area (Å²) >= 11 is 0. The van der Waals surface area contributed by atoms with Gasteiger partial charge in [0.1, 0.15) is 0 Å². The number of aromatic nitrogens is 1. The maximum absolute atomic E-state index is 14.1. The molecule has 1 aliphatic heterocycles.